The van der Waals surface area contributed by atoms with E-state index in [9.17, 15) is 8.42 Å². The van der Waals surface area contributed by atoms with Gasteiger partial charge in [-0.05, 0) is 31.4 Å². The molecular weight excluding hydrogens is 286 g/mol. The van der Waals surface area contributed by atoms with Crippen molar-refractivity contribution in [2.45, 2.75) is 37.0 Å². The summed E-state index contributed by atoms with van der Waals surface area (Å²) in [7, 11) is -3.02. The number of nitrogens with two attached hydrogens (primary N) is 1. The predicted octanol–water partition coefficient (Wildman–Crippen LogP) is 2.66. The van der Waals surface area contributed by atoms with E-state index < -0.39 is 9.84 Å². The maximum atomic E-state index is 11.6. The first kappa shape index (κ1) is 14.5. The Labute approximate surface area is 118 Å². The van der Waals surface area contributed by atoms with E-state index in [-0.39, 0.29) is 11.4 Å². The molecule has 2 N–H and O–H groups in total. The molecule has 0 aromatic heterocycles. The average Bonchev–Trinajstić information content (AvgIpc) is 2.33. The number of benzene rings is 1. The number of hydrogen-bond acceptors (Lipinski definition) is 4. The lowest BCUT2D eigenvalue weighted by atomic mass is 9.97. The Morgan fingerprint density at radius 3 is 2.74 bits per heavy atom. The summed E-state index contributed by atoms with van der Waals surface area (Å²) in [5.41, 5.74) is 6.31. The highest BCUT2D eigenvalue weighted by Crippen LogP contribution is 2.34. The third-order valence-electron chi connectivity index (χ3n) is 3.47. The molecule has 0 bridgehead atoms. The first-order valence-electron chi connectivity index (χ1n) is 6.27. The molecule has 1 fully saturated rings. The second-order valence-corrected chi connectivity index (χ2v) is 7.75. The zero-order chi connectivity index (χ0) is 14.0. The van der Waals surface area contributed by atoms with Gasteiger partial charge in [-0.3, -0.25) is 0 Å². The van der Waals surface area contributed by atoms with Crippen molar-refractivity contribution in [2.75, 3.05) is 12.0 Å². The quantitative estimate of drug-likeness (QED) is 0.872. The third kappa shape index (κ3) is 3.54. The third-order valence-corrected chi connectivity index (χ3v) is 5.40. The van der Waals surface area contributed by atoms with E-state index in [2.05, 4.69) is 0 Å². The van der Waals surface area contributed by atoms with Crippen LogP contribution in [-0.2, 0) is 9.84 Å². The van der Waals surface area contributed by atoms with Gasteiger partial charge in [-0.2, -0.15) is 0 Å². The van der Waals surface area contributed by atoms with Crippen molar-refractivity contribution in [2.24, 2.45) is 0 Å². The highest BCUT2D eigenvalue weighted by molar-refractivity contribution is 7.91. The molecule has 19 heavy (non-hydrogen) atoms. The Hall–Kier alpha value is -0.940. The van der Waals surface area contributed by atoms with Crippen LogP contribution >= 0.6 is 11.6 Å². The van der Waals surface area contributed by atoms with Crippen LogP contribution in [-0.4, -0.2) is 26.0 Å². The summed E-state index contributed by atoms with van der Waals surface area (Å²) >= 11 is 6.05. The van der Waals surface area contributed by atoms with Gasteiger partial charge >= 0.3 is 0 Å². The molecule has 1 aliphatic rings. The molecule has 0 amide bonds. The van der Waals surface area contributed by atoms with Crippen LogP contribution in [0.1, 0.15) is 25.7 Å². The molecule has 1 aromatic rings. The fraction of sp³-hybridized carbons (Fsp3) is 0.538. The Kier molecular flexibility index (Phi) is 4.26. The standard InChI is InChI=1S/C13H18ClNO3S/c1-19(16,17)10-5-2-4-9(8-10)18-13-11(14)6-3-7-12(13)15/h3,6-7,9-10H,2,4-5,8,15H2,1H3. The number of para-hydroxylation sites is 1. The van der Waals surface area contributed by atoms with Crippen LogP contribution in [0.5, 0.6) is 5.75 Å². The van der Waals surface area contributed by atoms with Crippen molar-refractivity contribution in [3.05, 3.63) is 23.2 Å². The van der Waals surface area contributed by atoms with E-state index >= 15 is 0 Å². The predicted molar refractivity (Wildman–Crippen MR) is 77.4 cm³/mol. The van der Waals surface area contributed by atoms with Gasteiger partial charge < -0.3 is 10.5 Å². The van der Waals surface area contributed by atoms with Gasteiger partial charge in [0.2, 0.25) is 0 Å². The van der Waals surface area contributed by atoms with E-state index in [1.54, 1.807) is 18.2 Å². The van der Waals surface area contributed by atoms with Crippen LogP contribution in [0.15, 0.2) is 18.2 Å². The minimum Gasteiger partial charge on any atom is -0.487 e. The van der Waals surface area contributed by atoms with Crippen molar-refractivity contribution in [3.8, 4) is 5.75 Å². The summed E-state index contributed by atoms with van der Waals surface area (Å²) in [6.07, 6.45) is 4.02. The van der Waals surface area contributed by atoms with Crippen molar-refractivity contribution >= 4 is 27.1 Å². The van der Waals surface area contributed by atoms with Crippen LogP contribution in [0.3, 0.4) is 0 Å². The highest BCUT2D eigenvalue weighted by Gasteiger charge is 2.30. The fourth-order valence-electron chi connectivity index (χ4n) is 2.41. The smallest absolute Gasteiger partial charge is 0.161 e. The molecule has 0 radical (unpaired) electrons. The van der Waals surface area contributed by atoms with Gasteiger partial charge in [-0.1, -0.05) is 17.7 Å². The van der Waals surface area contributed by atoms with E-state index in [4.69, 9.17) is 22.1 Å². The number of anilines is 1. The first-order valence-corrected chi connectivity index (χ1v) is 8.60. The number of halogens is 1. The zero-order valence-electron chi connectivity index (χ0n) is 10.8. The lowest BCUT2D eigenvalue weighted by molar-refractivity contribution is 0.157. The molecule has 0 saturated heterocycles. The summed E-state index contributed by atoms with van der Waals surface area (Å²) in [6, 6.07) is 5.19. The van der Waals surface area contributed by atoms with Crippen molar-refractivity contribution in [3.63, 3.8) is 0 Å². The Balaban J connectivity index is 2.11. The van der Waals surface area contributed by atoms with Crippen LogP contribution in [0, 0.1) is 0 Å². The Bertz CT molecular complexity index is 539. The van der Waals surface area contributed by atoms with Crippen LogP contribution in [0.2, 0.25) is 5.02 Å². The summed E-state index contributed by atoms with van der Waals surface area (Å²) < 4.78 is 29.0. The summed E-state index contributed by atoms with van der Waals surface area (Å²) in [6.45, 7) is 0. The van der Waals surface area contributed by atoms with Gasteiger partial charge in [0.25, 0.3) is 0 Å². The van der Waals surface area contributed by atoms with Crippen molar-refractivity contribution in [1.29, 1.82) is 0 Å². The molecule has 2 unspecified atom stereocenters. The maximum Gasteiger partial charge on any atom is 0.161 e. The summed E-state index contributed by atoms with van der Waals surface area (Å²) in [5, 5.41) is 0.136. The summed E-state index contributed by atoms with van der Waals surface area (Å²) in [5.74, 6) is 0.461. The normalized spacial score (nSPS) is 24.1. The van der Waals surface area contributed by atoms with E-state index in [0.717, 1.165) is 12.8 Å². The minimum absolute atomic E-state index is 0.143. The molecule has 2 atom stereocenters. The second-order valence-electron chi connectivity index (χ2n) is 5.02. The van der Waals surface area contributed by atoms with Gasteiger partial charge in [0.15, 0.2) is 5.75 Å². The zero-order valence-corrected chi connectivity index (χ0v) is 12.4. The number of nitrogen functional groups attached to an aromatic ring is 1. The minimum atomic E-state index is -3.02. The van der Waals surface area contributed by atoms with E-state index in [0.29, 0.717) is 29.3 Å². The molecule has 0 heterocycles. The lowest BCUT2D eigenvalue weighted by Gasteiger charge is -2.29. The Morgan fingerprint density at radius 2 is 2.11 bits per heavy atom. The van der Waals surface area contributed by atoms with Crippen LogP contribution in [0.25, 0.3) is 0 Å². The SMILES string of the molecule is CS(=O)(=O)C1CCCC(Oc2c(N)cccc2Cl)C1. The lowest BCUT2D eigenvalue weighted by Crippen LogP contribution is -2.33. The van der Waals surface area contributed by atoms with Gasteiger partial charge in [0.05, 0.1) is 16.0 Å². The second kappa shape index (κ2) is 5.59. The van der Waals surface area contributed by atoms with Gasteiger partial charge in [0.1, 0.15) is 15.9 Å². The van der Waals surface area contributed by atoms with Crippen molar-refractivity contribution < 1.29 is 13.2 Å². The number of hydrogen-bond donors (Lipinski definition) is 1. The van der Waals surface area contributed by atoms with Gasteiger partial charge in [0, 0.05) is 12.7 Å². The molecule has 1 saturated carbocycles. The van der Waals surface area contributed by atoms with Gasteiger partial charge in [-0.15, -0.1) is 0 Å². The molecule has 6 heteroatoms. The molecule has 0 aliphatic heterocycles. The molecule has 1 aliphatic carbocycles. The monoisotopic (exact) mass is 303 g/mol. The molecule has 4 nitrogen and oxygen atoms in total. The molecule has 1 aromatic carbocycles. The van der Waals surface area contributed by atoms with E-state index in [1.807, 2.05) is 0 Å². The largest absolute Gasteiger partial charge is 0.487 e. The molecular formula is C13H18ClNO3S. The number of ether oxygens (including phenoxy) is 1. The maximum absolute atomic E-state index is 11.6. The van der Waals surface area contributed by atoms with Gasteiger partial charge in [-0.25, -0.2) is 8.42 Å². The Morgan fingerprint density at radius 1 is 1.37 bits per heavy atom. The van der Waals surface area contributed by atoms with Crippen LogP contribution < -0.4 is 10.5 Å². The molecule has 2 rings (SSSR count). The van der Waals surface area contributed by atoms with Crippen molar-refractivity contribution in [1.82, 2.24) is 0 Å². The van der Waals surface area contributed by atoms with E-state index in [1.165, 1.54) is 6.26 Å². The average molecular weight is 304 g/mol. The topological polar surface area (TPSA) is 69.4 Å². The van der Waals surface area contributed by atoms with Crippen LogP contribution in [0.4, 0.5) is 5.69 Å². The first-order chi connectivity index (χ1) is 8.88. The fourth-order valence-corrected chi connectivity index (χ4v) is 3.80. The molecule has 106 valence electrons. The summed E-state index contributed by atoms with van der Waals surface area (Å²) in [4.78, 5) is 0. The molecule has 0 spiro atoms. The highest BCUT2D eigenvalue weighted by atomic mass is 35.5. The number of rotatable bonds is 3. The number of sulfone groups is 1.